The molecule has 4 nitrogen and oxygen atoms in total. The van der Waals surface area contributed by atoms with E-state index in [0.29, 0.717) is 27.0 Å². The maximum atomic E-state index is 12.0. The minimum atomic E-state index is -0.497. The number of halogens is 3. The zero-order valence-corrected chi connectivity index (χ0v) is 13.6. The van der Waals surface area contributed by atoms with Crippen molar-refractivity contribution in [2.75, 3.05) is 10.6 Å². The molecule has 0 fully saturated rings. The van der Waals surface area contributed by atoms with Gasteiger partial charge in [0.05, 0.1) is 11.3 Å². The van der Waals surface area contributed by atoms with Gasteiger partial charge in [0, 0.05) is 20.2 Å². The molecular weight excluding hydrogens is 377 g/mol. The van der Waals surface area contributed by atoms with E-state index in [1.807, 2.05) is 6.07 Å². The van der Waals surface area contributed by atoms with Gasteiger partial charge < -0.3 is 10.6 Å². The van der Waals surface area contributed by atoms with Crippen LogP contribution in [0.25, 0.3) is 0 Å². The number of rotatable bonds is 2. The predicted molar refractivity (Wildman–Crippen MR) is 88.0 cm³/mol. The molecule has 106 valence electrons. The minimum Gasteiger partial charge on any atom is -0.308 e. The van der Waals surface area contributed by atoms with Crippen LogP contribution in [0.4, 0.5) is 16.2 Å². The van der Waals surface area contributed by atoms with Crippen LogP contribution in [0.5, 0.6) is 0 Å². The first-order chi connectivity index (χ1) is 9.97. The largest absolute Gasteiger partial charge is 0.323 e. The van der Waals surface area contributed by atoms with E-state index in [1.165, 1.54) is 0 Å². The quantitative estimate of drug-likeness (QED) is 0.740. The number of urea groups is 1. The standard InChI is InChI=1S/C14H8BrCl2N3O/c15-9-2-1-8(7-18)13(3-9)20-14(21)19-12-5-10(16)4-11(17)6-12/h1-6H,(H2,19,20,21). The Morgan fingerprint density at radius 2 is 1.76 bits per heavy atom. The molecule has 21 heavy (non-hydrogen) atoms. The van der Waals surface area contributed by atoms with Gasteiger partial charge in [-0.25, -0.2) is 4.79 Å². The lowest BCUT2D eigenvalue weighted by atomic mass is 10.2. The zero-order valence-electron chi connectivity index (χ0n) is 10.5. The van der Waals surface area contributed by atoms with Crippen LogP contribution in [0.1, 0.15) is 5.56 Å². The lowest BCUT2D eigenvalue weighted by molar-refractivity contribution is 0.262. The summed E-state index contributed by atoms with van der Waals surface area (Å²) in [6.07, 6.45) is 0. The van der Waals surface area contributed by atoms with Crippen molar-refractivity contribution < 1.29 is 4.79 Å². The second kappa shape index (κ2) is 6.81. The molecule has 7 heteroatoms. The van der Waals surface area contributed by atoms with Crippen molar-refractivity contribution in [3.05, 3.63) is 56.5 Å². The molecule has 0 spiro atoms. The smallest absolute Gasteiger partial charge is 0.308 e. The highest BCUT2D eigenvalue weighted by Gasteiger charge is 2.08. The van der Waals surface area contributed by atoms with Crippen LogP contribution in [-0.2, 0) is 0 Å². The van der Waals surface area contributed by atoms with Crippen molar-refractivity contribution in [1.82, 2.24) is 0 Å². The molecule has 0 aliphatic rings. The summed E-state index contributed by atoms with van der Waals surface area (Å²) in [5, 5.41) is 15.0. The van der Waals surface area contributed by atoms with Crippen molar-refractivity contribution in [3.63, 3.8) is 0 Å². The fourth-order valence-electron chi connectivity index (χ4n) is 1.63. The Hall–Kier alpha value is -1.74. The van der Waals surface area contributed by atoms with Crippen LogP contribution in [0.15, 0.2) is 40.9 Å². The third-order valence-electron chi connectivity index (χ3n) is 2.47. The number of carbonyl (C=O) groups excluding carboxylic acids is 1. The molecule has 0 unspecified atom stereocenters. The van der Waals surface area contributed by atoms with Gasteiger partial charge >= 0.3 is 6.03 Å². The average Bonchev–Trinajstić information content (AvgIpc) is 2.37. The molecule has 0 aliphatic carbocycles. The summed E-state index contributed by atoms with van der Waals surface area (Å²) in [5.41, 5.74) is 1.22. The van der Waals surface area contributed by atoms with E-state index in [-0.39, 0.29) is 0 Å². The lowest BCUT2D eigenvalue weighted by Gasteiger charge is -2.10. The first-order valence-electron chi connectivity index (χ1n) is 5.71. The molecule has 0 radical (unpaired) electrons. The Balaban J connectivity index is 2.15. The Bertz CT molecular complexity index is 723. The summed E-state index contributed by atoms with van der Waals surface area (Å²) in [4.78, 5) is 12.0. The maximum absolute atomic E-state index is 12.0. The van der Waals surface area contributed by atoms with Gasteiger partial charge in [-0.3, -0.25) is 0 Å². The third kappa shape index (κ3) is 4.36. The molecule has 2 N–H and O–H groups in total. The van der Waals surface area contributed by atoms with Gasteiger partial charge in [-0.2, -0.15) is 5.26 Å². The number of nitriles is 1. The van der Waals surface area contributed by atoms with Gasteiger partial charge in [0.25, 0.3) is 0 Å². The number of anilines is 2. The van der Waals surface area contributed by atoms with Gasteiger partial charge in [-0.1, -0.05) is 39.1 Å². The van der Waals surface area contributed by atoms with Crippen molar-refractivity contribution in [3.8, 4) is 6.07 Å². The maximum Gasteiger partial charge on any atom is 0.323 e. The number of amides is 2. The van der Waals surface area contributed by atoms with Crippen LogP contribution in [0, 0.1) is 11.3 Å². The van der Waals surface area contributed by atoms with E-state index in [9.17, 15) is 4.79 Å². The highest BCUT2D eigenvalue weighted by Crippen LogP contribution is 2.24. The molecule has 2 aromatic carbocycles. The second-order valence-corrected chi connectivity index (χ2v) is 5.83. The Morgan fingerprint density at radius 3 is 2.38 bits per heavy atom. The van der Waals surface area contributed by atoms with E-state index >= 15 is 0 Å². The minimum absolute atomic E-state index is 0.359. The number of hydrogen-bond donors (Lipinski definition) is 2. The molecule has 0 aromatic heterocycles. The van der Waals surface area contributed by atoms with Gasteiger partial charge in [-0.05, 0) is 36.4 Å². The van der Waals surface area contributed by atoms with E-state index < -0.39 is 6.03 Å². The summed E-state index contributed by atoms with van der Waals surface area (Å²) in [6, 6.07) is 11.2. The Labute approximate surface area is 139 Å². The number of nitrogens with one attached hydrogen (secondary N) is 2. The Kier molecular flexibility index (Phi) is 5.07. The first kappa shape index (κ1) is 15.6. The molecule has 2 rings (SSSR count). The summed E-state index contributed by atoms with van der Waals surface area (Å²) in [7, 11) is 0. The van der Waals surface area contributed by atoms with Crippen LogP contribution in [-0.4, -0.2) is 6.03 Å². The molecule has 2 aromatic rings. The average molecular weight is 385 g/mol. The van der Waals surface area contributed by atoms with Crippen LogP contribution in [0.2, 0.25) is 10.0 Å². The van der Waals surface area contributed by atoms with E-state index in [1.54, 1.807) is 36.4 Å². The highest BCUT2D eigenvalue weighted by molar-refractivity contribution is 9.10. The summed E-state index contributed by atoms with van der Waals surface area (Å²) >= 11 is 15.0. The fraction of sp³-hybridized carbons (Fsp3) is 0. The van der Waals surface area contributed by atoms with Crippen LogP contribution < -0.4 is 10.6 Å². The lowest BCUT2D eigenvalue weighted by Crippen LogP contribution is -2.20. The molecule has 0 saturated heterocycles. The molecule has 0 bridgehead atoms. The highest BCUT2D eigenvalue weighted by atomic mass is 79.9. The molecule has 0 heterocycles. The summed E-state index contributed by atoms with van der Waals surface area (Å²) in [6.45, 7) is 0. The molecule has 2 amide bonds. The van der Waals surface area contributed by atoms with E-state index in [2.05, 4.69) is 26.6 Å². The molecule has 0 aliphatic heterocycles. The fourth-order valence-corrected chi connectivity index (χ4v) is 2.52. The van der Waals surface area contributed by atoms with Crippen molar-refractivity contribution in [2.24, 2.45) is 0 Å². The number of carbonyl (C=O) groups is 1. The summed E-state index contributed by atoms with van der Waals surface area (Å²) < 4.78 is 0.752. The zero-order chi connectivity index (χ0) is 15.4. The van der Waals surface area contributed by atoms with Gasteiger partial charge in [0.1, 0.15) is 6.07 Å². The van der Waals surface area contributed by atoms with Gasteiger partial charge in [0.2, 0.25) is 0 Å². The van der Waals surface area contributed by atoms with Crippen LogP contribution in [0.3, 0.4) is 0 Å². The van der Waals surface area contributed by atoms with Crippen molar-refractivity contribution >= 4 is 56.5 Å². The second-order valence-electron chi connectivity index (χ2n) is 4.04. The first-order valence-corrected chi connectivity index (χ1v) is 7.26. The van der Waals surface area contributed by atoms with E-state index in [0.717, 1.165) is 4.47 Å². The van der Waals surface area contributed by atoms with Crippen molar-refractivity contribution in [2.45, 2.75) is 0 Å². The van der Waals surface area contributed by atoms with Crippen molar-refractivity contribution in [1.29, 1.82) is 5.26 Å². The predicted octanol–water partition coefficient (Wildman–Crippen LogP) is 5.27. The SMILES string of the molecule is N#Cc1ccc(Br)cc1NC(=O)Nc1cc(Cl)cc(Cl)c1. The monoisotopic (exact) mass is 383 g/mol. The number of benzene rings is 2. The van der Waals surface area contributed by atoms with Gasteiger partial charge in [-0.15, -0.1) is 0 Å². The molecule has 0 atom stereocenters. The normalized spacial score (nSPS) is 9.81. The topological polar surface area (TPSA) is 64.9 Å². The number of nitrogens with zero attached hydrogens (tertiary/aromatic N) is 1. The Morgan fingerprint density at radius 1 is 1.10 bits per heavy atom. The van der Waals surface area contributed by atoms with E-state index in [4.69, 9.17) is 28.5 Å². The van der Waals surface area contributed by atoms with Crippen LogP contribution >= 0.6 is 39.1 Å². The molecular formula is C14H8BrCl2N3O. The third-order valence-corrected chi connectivity index (χ3v) is 3.40. The number of hydrogen-bond acceptors (Lipinski definition) is 2. The molecule has 0 saturated carbocycles. The summed E-state index contributed by atoms with van der Waals surface area (Å²) in [5.74, 6) is 0. The van der Waals surface area contributed by atoms with Gasteiger partial charge in [0.15, 0.2) is 0 Å².